The summed E-state index contributed by atoms with van der Waals surface area (Å²) in [6, 6.07) is 21.8. The third-order valence-electron chi connectivity index (χ3n) is 6.77. The van der Waals surface area contributed by atoms with Gasteiger partial charge in [-0.3, -0.25) is 9.59 Å². The number of hydrogen-bond acceptors (Lipinski definition) is 5. The van der Waals surface area contributed by atoms with Gasteiger partial charge in [-0.15, -0.1) is 0 Å². The summed E-state index contributed by atoms with van der Waals surface area (Å²) in [6.07, 6.45) is 0. The van der Waals surface area contributed by atoms with Gasteiger partial charge >= 0.3 is 0 Å². The first-order valence-corrected chi connectivity index (χ1v) is 12.2. The quantitative estimate of drug-likeness (QED) is 0.445. The van der Waals surface area contributed by atoms with Crippen LogP contribution in [0.4, 0.5) is 5.82 Å². The molecule has 0 unspecified atom stereocenters. The number of nitrogens with one attached hydrogen (secondary N) is 2. The standard InChI is InChI=1S/C29H26N4O4/c1-17-7-6-8-20(15-17)28(34)30-26-25(19-11-12-22-23(16-19)37-14-13-36-22)24-18(2)32-33(27(24)31-29(26)35)21-9-4-3-5-10-21/h3-12,15-16,25-26H,13-14H2,1-2H3,(H,30,34)(H,31,35)/t25-,26+/m1/s1. The molecule has 0 radical (unpaired) electrons. The lowest BCUT2D eigenvalue weighted by Crippen LogP contribution is -2.50. The first-order chi connectivity index (χ1) is 18.0. The van der Waals surface area contributed by atoms with Gasteiger partial charge in [0.05, 0.1) is 11.4 Å². The third kappa shape index (κ3) is 4.10. The number of aryl methyl sites for hydroxylation is 2. The van der Waals surface area contributed by atoms with E-state index in [4.69, 9.17) is 14.6 Å². The van der Waals surface area contributed by atoms with Crippen molar-refractivity contribution < 1.29 is 19.1 Å². The van der Waals surface area contributed by atoms with Crippen LogP contribution < -0.4 is 20.1 Å². The van der Waals surface area contributed by atoms with E-state index < -0.39 is 12.0 Å². The van der Waals surface area contributed by atoms with Crippen LogP contribution in [0.5, 0.6) is 11.5 Å². The zero-order chi connectivity index (χ0) is 25.5. The number of nitrogens with zero attached hydrogens (tertiary/aromatic N) is 2. The second-order valence-corrected chi connectivity index (χ2v) is 9.29. The number of anilines is 1. The Labute approximate surface area is 214 Å². The van der Waals surface area contributed by atoms with Gasteiger partial charge in [0.1, 0.15) is 25.1 Å². The molecule has 0 saturated heterocycles. The van der Waals surface area contributed by atoms with E-state index in [9.17, 15) is 9.59 Å². The Bertz CT molecular complexity index is 1510. The van der Waals surface area contributed by atoms with Gasteiger partial charge in [0.15, 0.2) is 11.5 Å². The van der Waals surface area contributed by atoms with E-state index in [0.29, 0.717) is 36.1 Å². The van der Waals surface area contributed by atoms with Crippen LogP contribution in [0, 0.1) is 13.8 Å². The topological polar surface area (TPSA) is 94.5 Å². The molecule has 0 spiro atoms. The molecule has 8 nitrogen and oxygen atoms in total. The van der Waals surface area contributed by atoms with E-state index in [-0.39, 0.29) is 11.8 Å². The molecule has 0 bridgehead atoms. The van der Waals surface area contributed by atoms with Crippen molar-refractivity contribution in [2.75, 3.05) is 18.5 Å². The van der Waals surface area contributed by atoms with Crippen molar-refractivity contribution in [1.82, 2.24) is 15.1 Å². The van der Waals surface area contributed by atoms with Gasteiger partial charge < -0.3 is 20.1 Å². The first kappa shape index (κ1) is 22.8. The molecule has 2 N–H and O–H groups in total. The van der Waals surface area contributed by atoms with Gasteiger partial charge in [0, 0.05) is 17.0 Å². The predicted molar refractivity (Wildman–Crippen MR) is 139 cm³/mol. The van der Waals surface area contributed by atoms with Crippen molar-refractivity contribution in [3.63, 3.8) is 0 Å². The van der Waals surface area contributed by atoms with E-state index in [2.05, 4.69) is 10.6 Å². The van der Waals surface area contributed by atoms with E-state index in [0.717, 1.165) is 28.1 Å². The summed E-state index contributed by atoms with van der Waals surface area (Å²) in [5.74, 6) is 0.745. The third-order valence-corrected chi connectivity index (χ3v) is 6.77. The minimum absolute atomic E-state index is 0.314. The Morgan fingerprint density at radius 2 is 1.76 bits per heavy atom. The van der Waals surface area contributed by atoms with E-state index in [1.807, 2.05) is 74.5 Å². The highest BCUT2D eigenvalue weighted by Crippen LogP contribution is 2.43. The summed E-state index contributed by atoms with van der Waals surface area (Å²) in [5, 5.41) is 10.8. The van der Waals surface area contributed by atoms with Crippen LogP contribution in [0.15, 0.2) is 72.8 Å². The molecule has 2 amide bonds. The minimum Gasteiger partial charge on any atom is -0.486 e. The van der Waals surface area contributed by atoms with Crippen molar-refractivity contribution in [2.24, 2.45) is 0 Å². The minimum atomic E-state index is -0.866. The second-order valence-electron chi connectivity index (χ2n) is 9.29. The van der Waals surface area contributed by atoms with Crippen LogP contribution >= 0.6 is 0 Å². The van der Waals surface area contributed by atoms with Crippen LogP contribution in [-0.2, 0) is 4.79 Å². The summed E-state index contributed by atoms with van der Waals surface area (Å²) in [6.45, 7) is 4.78. The molecule has 37 heavy (non-hydrogen) atoms. The maximum absolute atomic E-state index is 13.6. The normalized spacial score (nSPS) is 18.1. The summed E-state index contributed by atoms with van der Waals surface area (Å²) < 4.78 is 13.3. The summed E-state index contributed by atoms with van der Waals surface area (Å²) in [5.41, 5.74) is 4.71. The first-order valence-electron chi connectivity index (χ1n) is 12.2. The summed E-state index contributed by atoms with van der Waals surface area (Å²) in [7, 11) is 0. The average Bonchev–Trinajstić information content (AvgIpc) is 3.24. The van der Waals surface area contributed by atoms with Crippen LogP contribution in [0.25, 0.3) is 5.69 Å². The molecular formula is C29H26N4O4. The Balaban J connectivity index is 1.48. The monoisotopic (exact) mass is 494 g/mol. The number of hydrogen-bond donors (Lipinski definition) is 2. The van der Waals surface area contributed by atoms with E-state index in [1.165, 1.54) is 0 Å². The number of benzene rings is 3. The number of rotatable bonds is 4. The van der Waals surface area contributed by atoms with Gasteiger partial charge in [-0.25, -0.2) is 4.68 Å². The molecule has 3 aromatic carbocycles. The predicted octanol–water partition coefficient (Wildman–Crippen LogP) is 4.14. The number of carbonyl (C=O) groups is 2. The maximum atomic E-state index is 13.6. The second kappa shape index (κ2) is 9.13. The zero-order valence-electron chi connectivity index (χ0n) is 20.5. The largest absolute Gasteiger partial charge is 0.486 e. The number of fused-ring (bicyclic) bond motifs is 2. The molecule has 0 saturated carbocycles. The fourth-order valence-electron chi connectivity index (χ4n) is 5.07. The molecule has 2 atom stereocenters. The van der Waals surface area contributed by atoms with Gasteiger partial charge in [-0.05, 0) is 55.8 Å². The number of aromatic nitrogens is 2. The molecular weight excluding hydrogens is 468 g/mol. The molecule has 4 aromatic rings. The highest BCUT2D eigenvalue weighted by Gasteiger charge is 2.42. The molecule has 8 heteroatoms. The number of ether oxygens (including phenoxy) is 2. The van der Waals surface area contributed by atoms with Crippen LogP contribution in [0.3, 0.4) is 0 Å². The molecule has 2 aliphatic heterocycles. The smallest absolute Gasteiger partial charge is 0.251 e. The summed E-state index contributed by atoms with van der Waals surface area (Å²) >= 11 is 0. The van der Waals surface area contributed by atoms with Crippen molar-refractivity contribution >= 4 is 17.6 Å². The Hall–Kier alpha value is -4.59. The highest BCUT2D eigenvalue weighted by atomic mass is 16.6. The van der Waals surface area contributed by atoms with E-state index in [1.54, 1.807) is 16.8 Å². The molecule has 2 aliphatic rings. The zero-order valence-corrected chi connectivity index (χ0v) is 20.5. The lowest BCUT2D eigenvalue weighted by Gasteiger charge is -2.33. The maximum Gasteiger partial charge on any atom is 0.251 e. The van der Waals surface area contributed by atoms with Gasteiger partial charge in [-0.2, -0.15) is 5.10 Å². The SMILES string of the molecule is Cc1cccc(C(=O)N[C@@H]2C(=O)Nc3c(c(C)nn3-c3ccccc3)[C@H]2c2ccc3c(c2)OCCO3)c1. The Kier molecular flexibility index (Phi) is 5.64. The Morgan fingerprint density at radius 3 is 2.54 bits per heavy atom. The molecule has 186 valence electrons. The van der Waals surface area contributed by atoms with Gasteiger partial charge in [0.2, 0.25) is 5.91 Å². The van der Waals surface area contributed by atoms with Gasteiger partial charge in [0.25, 0.3) is 5.91 Å². The van der Waals surface area contributed by atoms with Crippen LogP contribution in [0.1, 0.15) is 38.7 Å². The molecule has 6 rings (SSSR count). The average molecular weight is 495 g/mol. The lowest BCUT2D eigenvalue weighted by molar-refractivity contribution is -0.118. The van der Waals surface area contributed by atoms with Crippen LogP contribution in [-0.4, -0.2) is 40.9 Å². The number of para-hydroxylation sites is 1. The summed E-state index contributed by atoms with van der Waals surface area (Å²) in [4.78, 5) is 26.9. The molecule has 3 heterocycles. The highest BCUT2D eigenvalue weighted by molar-refractivity contribution is 6.04. The fraction of sp³-hybridized carbons (Fsp3) is 0.207. The van der Waals surface area contributed by atoms with E-state index >= 15 is 0 Å². The van der Waals surface area contributed by atoms with Crippen molar-refractivity contribution in [3.05, 3.63) is 101 Å². The fourth-order valence-corrected chi connectivity index (χ4v) is 5.07. The Morgan fingerprint density at radius 1 is 0.973 bits per heavy atom. The number of carbonyl (C=O) groups excluding carboxylic acids is 2. The molecule has 0 aliphatic carbocycles. The molecule has 1 aromatic heterocycles. The molecule has 0 fully saturated rings. The van der Waals surface area contributed by atoms with Crippen molar-refractivity contribution in [2.45, 2.75) is 25.8 Å². The van der Waals surface area contributed by atoms with Crippen molar-refractivity contribution in [1.29, 1.82) is 0 Å². The lowest BCUT2D eigenvalue weighted by atomic mass is 9.81. The van der Waals surface area contributed by atoms with Crippen LogP contribution in [0.2, 0.25) is 0 Å². The van der Waals surface area contributed by atoms with Crippen molar-refractivity contribution in [3.8, 4) is 17.2 Å². The van der Waals surface area contributed by atoms with Gasteiger partial charge in [-0.1, -0.05) is 42.0 Å². The number of amides is 2.